The van der Waals surface area contributed by atoms with Crippen molar-refractivity contribution >= 4 is 11.3 Å². The van der Waals surface area contributed by atoms with E-state index in [1.54, 1.807) is 0 Å². The highest BCUT2D eigenvalue weighted by Crippen LogP contribution is 2.34. The molecule has 1 heterocycles. The monoisotopic (exact) mass is 252 g/mol. The van der Waals surface area contributed by atoms with E-state index >= 15 is 0 Å². The summed E-state index contributed by atoms with van der Waals surface area (Å²) in [4.78, 5) is 5.64. The highest BCUT2D eigenvalue weighted by atomic mass is 32.1. The van der Waals surface area contributed by atoms with Gasteiger partial charge in [0.2, 0.25) is 0 Å². The molecule has 0 aliphatic heterocycles. The van der Waals surface area contributed by atoms with Crippen LogP contribution in [0.1, 0.15) is 38.0 Å². The number of nitrogens with zero attached hydrogens (tertiary/aromatic N) is 1. The first kappa shape index (κ1) is 13.0. The van der Waals surface area contributed by atoms with Crippen molar-refractivity contribution in [2.24, 2.45) is 17.8 Å². The van der Waals surface area contributed by atoms with Crippen LogP contribution in [0.4, 0.5) is 0 Å². The van der Waals surface area contributed by atoms with E-state index in [9.17, 15) is 0 Å². The van der Waals surface area contributed by atoms with Gasteiger partial charge in [0.25, 0.3) is 0 Å². The second kappa shape index (κ2) is 6.50. The maximum atomic E-state index is 4.18. The molecule has 96 valence electrons. The standard InChI is InChI=1S/C14H24N2S/c1-11(2)7-15-8-13-5-3-4-12(13)6-14-9-16-10-17-14/h9-13,15H,3-8H2,1-2H3. The zero-order chi connectivity index (χ0) is 12.1. The van der Waals surface area contributed by atoms with Gasteiger partial charge in [0.15, 0.2) is 0 Å². The molecule has 1 saturated carbocycles. The van der Waals surface area contributed by atoms with Crippen LogP contribution in [0, 0.1) is 17.8 Å². The molecule has 1 aliphatic rings. The molecule has 2 unspecified atom stereocenters. The van der Waals surface area contributed by atoms with E-state index in [2.05, 4.69) is 24.1 Å². The van der Waals surface area contributed by atoms with E-state index < -0.39 is 0 Å². The summed E-state index contributed by atoms with van der Waals surface area (Å²) >= 11 is 1.81. The van der Waals surface area contributed by atoms with Crippen LogP contribution in [0.5, 0.6) is 0 Å². The molecule has 1 aromatic heterocycles. The number of thiazole rings is 1. The fourth-order valence-corrected chi connectivity index (χ4v) is 3.50. The summed E-state index contributed by atoms with van der Waals surface area (Å²) in [6, 6.07) is 0. The van der Waals surface area contributed by atoms with Crippen molar-refractivity contribution in [2.45, 2.75) is 39.5 Å². The lowest BCUT2D eigenvalue weighted by Crippen LogP contribution is -2.28. The van der Waals surface area contributed by atoms with Gasteiger partial charge in [0.1, 0.15) is 0 Å². The molecule has 0 radical (unpaired) electrons. The minimum atomic E-state index is 0.761. The summed E-state index contributed by atoms with van der Waals surface area (Å²) in [6.07, 6.45) is 7.53. The first-order valence-electron chi connectivity index (χ1n) is 6.83. The van der Waals surface area contributed by atoms with Gasteiger partial charge in [-0.3, -0.25) is 4.98 Å². The molecule has 1 fully saturated rings. The highest BCUT2D eigenvalue weighted by molar-refractivity contribution is 7.09. The van der Waals surface area contributed by atoms with Crippen molar-refractivity contribution in [1.29, 1.82) is 0 Å². The minimum absolute atomic E-state index is 0.761. The molecule has 0 aromatic carbocycles. The van der Waals surface area contributed by atoms with Gasteiger partial charge in [0, 0.05) is 11.1 Å². The quantitative estimate of drug-likeness (QED) is 0.840. The summed E-state index contributed by atoms with van der Waals surface area (Å²) in [7, 11) is 0. The molecule has 0 spiro atoms. The van der Waals surface area contributed by atoms with Crippen molar-refractivity contribution < 1.29 is 0 Å². The van der Waals surface area contributed by atoms with Crippen LogP contribution in [0.2, 0.25) is 0 Å². The number of nitrogens with one attached hydrogen (secondary N) is 1. The topological polar surface area (TPSA) is 24.9 Å². The second-order valence-corrected chi connectivity index (χ2v) is 6.65. The Balaban J connectivity index is 1.76. The molecular weight excluding hydrogens is 228 g/mol. The smallest absolute Gasteiger partial charge is 0.0794 e. The van der Waals surface area contributed by atoms with Crippen molar-refractivity contribution in [1.82, 2.24) is 10.3 Å². The molecule has 0 bridgehead atoms. The lowest BCUT2D eigenvalue weighted by Gasteiger charge is -2.20. The van der Waals surface area contributed by atoms with Crippen LogP contribution in [0.15, 0.2) is 11.7 Å². The van der Waals surface area contributed by atoms with E-state index in [0.717, 1.165) is 24.3 Å². The lowest BCUT2D eigenvalue weighted by molar-refractivity contribution is 0.358. The van der Waals surface area contributed by atoms with Gasteiger partial charge in [-0.1, -0.05) is 20.3 Å². The average Bonchev–Trinajstić information content (AvgIpc) is 2.91. The van der Waals surface area contributed by atoms with Gasteiger partial charge in [-0.25, -0.2) is 0 Å². The van der Waals surface area contributed by atoms with Crippen molar-refractivity contribution in [3.63, 3.8) is 0 Å². The molecule has 2 rings (SSSR count). The van der Waals surface area contributed by atoms with E-state index in [-0.39, 0.29) is 0 Å². The van der Waals surface area contributed by atoms with Crippen LogP contribution in [0.25, 0.3) is 0 Å². The Hall–Kier alpha value is -0.410. The molecule has 1 aliphatic carbocycles. The summed E-state index contributed by atoms with van der Waals surface area (Å²) in [5, 5.41) is 3.62. The molecular formula is C14H24N2S. The second-order valence-electron chi connectivity index (χ2n) is 5.68. The summed E-state index contributed by atoms with van der Waals surface area (Å²) in [6.45, 7) is 6.92. The van der Waals surface area contributed by atoms with E-state index in [0.29, 0.717) is 0 Å². The van der Waals surface area contributed by atoms with Crippen LogP contribution in [-0.2, 0) is 6.42 Å². The molecule has 0 saturated heterocycles. The fourth-order valence-electron chi connectivity index (χ4n) is 2.81. The average molecular weight is 252 g/mol. The Kier molecular flexibility index (Phi) is 4.99. The predicted molar refractivity (Wildman–Crippen MR) is 74.4 cm³/mol. The number of hydrogen-bond acceptors (Lipinski definition) is 3. The van der Waals surface area contributed by atoms with Crippen LogP contribution < -0.4 is 5.32 Å². The number of rotatable bonds is 6. The maximum Gasteiger partial charge on any atom is 0.0794 e. The Morgan fingerprint density at radius 1 is 1.41 bits per heavy atom. The highest BCUT2D eigenvalue weighted by Gasteiger charge is 2.27. The van der Waals surface area contributed by atoms with Gasteiger partial charge in [-0.05, 0) is 50.1 Å². The summed E-state index contributed by atoms with van der Waals surface area (Å²) in [5.74, 6) is 2.53. The molecule has 17 heavy (non-hydrogen) atoms. The number of hydrogen-bond donors (Lipinski definition) is 1. The minimum Gasteiger partial charge on any atom is -0.316 e. The largest absolute Gasteiger partial charge is 0.316 e. The third kappa shape index (κ3) is 4.07. The van der Waals surface area contributed by atoms with Crippen molar-refractivity contribution in [3.8, 4) is 0 Å². The normalized spacial score (nSPS) is 24.6. The fraction of sp³-hybridized carbons (Fsp3) is 0.786. The lowest BCUT2D eigenvalue weighted by atomic mass is 9.92. The third-order valence-corrected chi connectivity index (χ3v) is 4.52. The zero-order valence-corrected chi connectivity index (χ0v) is 11.8. The Bertz CT molecular complexity index is 308. The molecule has 1 aromatic rings. The van der Waals surface area contributed by atoms with Gasteiger partial charge in [-0.2, -0.15) is 0 Å². The van der Waals surface area contributed by atoms with Gasteiger partial charge < -0.3 is 5.32 Å². The molecule has 2 atom stereocenters. The van der Waals surface area contributed by atoms with Gasteiger partial charge in [-0.15, -0.1) is 11.3 Å². The van der Waals surface area contributed by atoms with Crippen molar-refractivity contribution in [3.05, 3.63) is 16.6 Å². The SMILES string of the molecule is CC(C)CNCC1CCCC1Cc1cncs1. The Labute approximate surface area is 109 Å². The Morgan fingerprint density at radius 2 is 2.24 bits per heavy atom. The first-order chi connectivity index (χ1) is 8.25. The molecule has 2 nitrogen and oxygen atoms in total. The van der Waals surface area contributed by atoms with E-state index in [1.807, 2.05) is 23.0 Å². The molecule has 1 N–H and O–H groups in total. The first-order valence-corrected chi connectivity index (χ1v) is 7.71. The van der Waals surface area contributed by atoms with Gasteiger partial charge in [0.05, 0.1) is 5.51 Å². The van der Waals surface area contributed by atoms with E-state index in [1.165, 1.54) is 37.1 Å². The van der Waals surface area contributed by atoms with Gasteiger partial charge >= 0.3 is 0 Å². The summed E-state index contributed by atoms with van der Waals surface area (Å²) < 4.78 is 0. The molecule has 0 amide bonds. The molecule has 3 heteroatoms. The maximum absolute atomic E-state index is 4.18. The van der Waals surface area contributed by atoms with Crippen LogP contribution in [-0.4, -0.2) is 18.1 Å². The van der Waals surface area contributed by atoms with Crippen LogP contribution >= 0.6 is 11.3 Å². The van der Waals surface area contributed by atoms with Crippen molar-refractivity contribution in [2.75, 3.05) is 13.1 Å². The zero-order valence-electron chi connectivity index (χ0n) is 11.0. The Morgan fingerprint density at radius 3 is 2.94 bits per heavy atom. The predicted octanol–water partition coefficient (Wildman–Crippen LogP) is 3.35. The number of aromatic nitrogens is 1. The third-order valence-electron chi connectivity index (χ3n) is 3.72. The van der Waals surface area contributed by atoms with Crippen LogP contribution in [0.3, 0.4) is 0 Å². The van der Waals surface area contributed by atoms with E-state index in [4.69, 9.17) is 0 Å². The summed E-state index contributed by atoms with van der Waals surface area (Å²) in [5.41, 5.74) is 1.95.